The van der Waals surface area contributed by atoms with Gasteiger partial charge in [-0.25, -0.2) is 9.59 Å². The van der Waals surface area contributed by atoms with Gasteiger partial charge in [0.1, 0.15) is 18.6 Å². The van der Waals surface area contributed by atoms with E-state index in [9.17, 15) is 37.8 Å². The van der Waals surface area contributed by atoms with Crippen molar-refractivity contribution in [2.75, 3.05) is 7.11 Å². The van der Waals surface area contributed by atoms with Gasteiger partial charge in [0.05, 0.1) is 7.11 Å². The Balaban J connectivity index is 2.30. The van der Waals surface area contributed by atoms with Crippen molar-refractivity contribution in [2.24, 2.45) is 5.92 Å². The van der Waals surface area contributed by atoms with Crippen LogP contribution in [0.4, 0.5) is 18.0 Å². The summed E-state index contributed by atoms with van der Waals surface area (Å²) in [6.07, 6.45) is -7.74. The van der Waals surface area contributed by atoms with Crippen molar-refractivity contribution in [1.29, 1.82) is 0 Å². The van der Waals surface area contributed by atoms with Crippen LogP contribution in [0.25, 0.3) is 0 Å². The number of halogens is 3. The molecule has 3 N–H and O–H groups in total. The molecule has 0 aliphatic rings. The molecule has 0 fully saturated rings. The summed E-state index contributed by atoms with van der Waals surface area (Å²) in [5.74, 6) is -5.82. The van der Waals surface area contributed by atoms with Gasteiger partial charge in [0, 0.05) is 0 Å². The smallest absolute Gasteiger partial charge is 0.422 e. The van der Waals surface area contributed by atoms with Crippen molar-refractivity contribution in [2.45, 2.75) is 30.8 Å². The first-order chi connectivity index (χ1) is 15.5. The largest absolute Gasteiger partial charge is 0.481 e. The summed E-state index contributed by atoms with van der Waals surface area (Å²) in [7, 11) is 0.912. The first-order valence-electron chi connectivity index (χ1n) is 9.63. The lowest BCUT2D eigenvalue weighted by Gasteiger charge is -2.37. The van der Waals surface area contributed by atoms with Gasteiger partial charge in [-0.2, -0.15) is 13.2 Å². The van der Waals surface area contributed by atoms with Crippen LogP contribution in [0.5, 0.6) is 0 Å². The van der Waals surface area contributed by atoms with Crippen molar-refractivity contribution >= 4 is 18.0 Å². The van der Waals surface area contributed by atoms with E-state index in [1.807, 2.05) is 5.32 Å². The zero-order valence-electron chi connectivity index (χ0n) is 17.4. The number of amides is 1. The van der Waals surface area contributed by atoms with Crippen molar-refractivity contribution in [1.82, 2.24) is 5.32 Å². The second kappa shape index (κ2) is 10.8. The molecule has 0 saturated carbocycles. The van der Waals surface area contributed by atoms with Gasteiger partial charge in [-0.1, -0.05) is 60.7 Å². The molecule has 0 saturated heterocycles. The second-order valence-electron chi connectivity index (χ2n) is 7.04. The Morgan fingerprint density at radius 3 is 2.03 bits per heavy atom. The Bertz CT molecular complexity index is 953. The van der Waals surface area contributed by atoms with Crippen LogP contribution in [0, 0.1) is 5.92 Å². The predicted molar refractivity (Wildman–Crippen MR) is 108 cm³/mol. The van der Waals surface area contributed by atoms with Gasteiger partial charge in [0.2, 0.25) is 0 Å². The van der Waals surface area contributed by atoms with Gasteiger partial charge >= 0.3 is 24.2 Å². The lowest BCUT2D eigenvalue weighted by molar-refractivity contribution is -0.287. The second-order valence-corrected chi connectivity index (χ2v) is 7.04. The average Bonchev–Trinajstić information content (AvgIpc) is 2.79. The number of aliphatic hydroxyl groups is 1. The lowest BCUT2D eigenvalue weighted by atomic mass is 9.77. The van der Waals surface area contributed by atoms with Gasteiger partial charge in [-0.05, 0) is 17.5 Å². The van der Waals surface area contributed by atoms with E-state index in [0.29, 0.717) is 5.56 Å². The van der Waals surface area contributed by atoms with E-state index in [-0.39, 0.29) is 6.61 Å². The summed E-state index contributed by atoms with van der Waals surface area (Å²) < 4.78 is 51.3. The molecule has 178 valence electrons. The zero-order valence-corrected chi connectivity index (χ0v) is 17.4. The highest BCUT2D eigenvalue weighted by Gasteiger charge is 2.62. The number of rotatable bonds is 9. The fourth-order valence-electron chi connectivity index (χ4n) is 3.20. The molecule has 0 aliphatic carbocycles. The topological polar surface area (TPSA) is 122 Å². The fraction of sp³-hybridized carbons (Fsp3) is 0.318. The summed E-state index contributed by atoms with van der Waals surface area (Å²) >= 11 is 0. The number of carboxylic acids is 1. The highest BCUT2D eigenvalue weighted by Crippen LogP contribution is 2.46. The number of methoxy groups -OCH3 is 1. The van der Waals surface area contributed by atoms with Gasteiger partial charge in [0.15, 0.2) is 5.60 Å². The minimum atomic E-state index is -5.42. The number of ether oxygens (including phenoxy) is 2. The Morgan fingerprint density at radius 2 is 1.55 bits per heavy atom. The molecule has 1 amide bonds. The molecule has 8 nitrogen and oxygen atoms in total. The third kappa shape index (κ3) is 6.22. The summed E-state index contributed by atoms with van der Waals surface area (Å²) in [5.41, 5.74) is -4.00. The van der Waals surface area contributed by atoms with Crippen LogP contribution in [0.15, 0.2) is 60.7 Å². The molecule has 11 heteroatoms. The van der Waals surface area contributed by atoms with E-state index in [4.69, 9.17) is 4.74 Å². The third-order valence-corrected chi connectivity index (χ3v) is 4.91. The number of hydrogen-bond donors (Lipinski definition) is 3. The van der Waals surface area contributed by atoms with Crippen molar-refractivity contribution in [3.8, 4) is 0 Å². The number of aliphatic carboxylic acids is 1. The van der Waals surface area contributed by atoms with Crippen LogP contribution in [0.3, 0.4) is 0 Å². The number of alkyl halides is 3. The number of carbonyl (C=O) groups is 3. The number of alkyl carbamates (subject to hydrolysis) is 1. The van der Waals surface area contributed by atoms with Gasteiger partial charge < -0.3 is 25.0 Å². The highest BCUT2D eigenvalue weighted by atomic mass is 19.4. The molecule has 0 heterocycles. The van der Waals surface area contributed by atoms with Crippen molar-refractivity contribution in [3.63, 3.8) is 0 Å². The van der Waals surface area contributed by atoms with Crippen LogP contribution < -0.4 is 5.32 Å². The standard InChI is InChI=1S/C22H22F3NO7/c1-32-19(29)17(26-20(30)33-13-14-8-4-2-5-9-14)12-16(18(27)28)21(31,22(23,24)25)15-10-6-3-7-11-15/h2-11,16-17,31H,12-13H2,1H3,(H,26,30)(H,27,28)/t16?,17-,21?/m0/s1. The minimum Gasteiger partial charge on any atom is -0.481 e. The fourth-order valence-corrected chi connectivity index (χ4v) is 3.20. The van der Waals surface area contributed by atoms with E-state index < -0.39 is 53.8 Å². The normalized spacial score (nSPS) is 14.9. The molecule has 33 heavy (non-hydrogen) atoms. The first kappa shape index (κ1) is 25.7. The maximum atomic E-state index is 14.0. The number of esters is 1. The molecule has 3 atom stereocenters. The molecule has 2 aromatic carbocycles. The molecule has 2 aromatic rings. The Kier molecular flexibility index (Phi) is 8.41. The molecular formula is C22H22F3NO7. The monoisotopic (exact) mass is 469 g/mol. The van der Waals surface area contributed by atoms with E-state index in [2.05, 4.69) is 4.74 Å². The summed E-state index contributed by atoms with van der Waals surface area (Å²) in [5, 5.41) is 22.2. The van der Waals surface area contributed by atoms with Gasteiger partial charge in [-0.3, -0.25) is 4.79 Å². The van der Waals surface area contributed by atoms with Gasteiger partial charge in [0.25, 0.3) is 0 Å². The van der Waals surface area contributed by atoms with E-state index >= 15 is 0 Å². The van der Waals surface area contributed by atoms with Gasteiger partial charge in [-0.15, -0.1) is 0 Å². The van der Waals surface area contributed by atoms with Crippen LogP contribution >= 0.6 is 0 Å². The average molecular weight is 469 g/mol. The SMILES string of the molecule is COC(=O)[C@H](CC(C(=O)O)C(O)(c1ccccc1)C(F)(F)F)NC(=O)OCc1ccccc1. The van der Waals surface area contributed by atoms with Crippen molar-refractivity contribution in [3.05, 3.63) is 71.8 Å². The summed E-state index contributed by atoms with van der Waals surface area (Å²) in [4.78, 5) is 36.1. The number of carboxylic acid groups (broad SMARTS) is 1. The number of carbonyl (C=O) groups excluding carboxylic acids is 2. The Labute approximate surface area is 186 Å². The lowest BCUT2D eigenvalue weighted by Crippen LogP contribution is -2.54. The van der Waals surface area contributed by atoms with Crippen LogP contribution in [-0.2, 0) is 31.3 Å². The molecule has 0 radical (unpaired) electrons. The number of nitrogens with one attached hydrogen (secondary N) is 1. The van der Waals surface area contributed by atoms with Crippen LogP contribution in [0.1, 0.15) is 17.5 Å². The minimum absolute atomic E-state index is 0.209. The number of benzene rings is 2. The predicted octanol–water partition coefficient (Wildman–Crippen LogP) is 3.00. The molecular weight excluding hydrogens is 447 g/mol. The summed E-state index contributed by atoms with van der Waals surface area (Å²) in [6.45, 7) is -0.209. The van der Waals surface area contributed by atoms with Crippen molar-refractivity contribution < 1.29 is 47.2 Å². The number of hydrogen-bond acceptors (Lipinski definition) is 6. The van der Waals surface area contributed by atoms with Crippen LogP contribution in [0.2, 0.25) is 0 Å². The van der Waals surface area contributed by atoms with E-state index in [1.54, 1.807) is 30.3 Å². The Hall–Kier alpha value is -3.60. The first-order valence-corrected chi connectivity index (χ1v) is 9.63. The molecule has 0 aromatic heterocycles. The quantitative estimate of drug-likeness (QED) is 0.483. The molecule has 0 aliphatic heterocycles. The zero-order chi connectivity index (χ0) is 24.6. The van der Waals surface area contributed by atoms with E-state index in [1.165, 1.54) is 18.2 Å². The summed E-state index contributed by atoms with van der Waals surface area (Å²) in [6, 6.07) is 12.2. The highest BCUT2D eigenvalue weighted by molar-refractivity contribution is 5.82. The molecule has 0 bridgehead atoms. The molecule has 0 spiro atoms. The molecule has 2 unspecified atom stereocenters. The maximum Gasteiger partial charge on any atom is 0.422 e. The Morgan fingerprint density at radius 1 is 1.00 bits per heavy atom. The van der Waals surface area contributed by atoms with E-state index in [0.717, 1.165) is 19.2 Å². The van der Waals surface area contributed by atoms with Crippen LogP contribution in [-0.4, -0.2) is 47.6 Å². The third-order valence-electron chi connectivity index (χ3n) is 4.91. The molecule has 2 rings (SSSR count). The maximum absolute atomic E-state index is 14.0.